The Balaban J connectivity index is 0.944. The SMILES string of the molecule is c1ccc(CCC2Cc3ccccc3-c3cc(-c4ccc(N(c5ccccc5)c5ccc(-c6c7ccccc7c(-c7ccccc7)c7ccccc67)cc5)cc4)ccc32)cc1. The van der Waals surface area contributed by atoms with Crippen LogP contribution >= 0.6 is 0 Å². The molecule has 0 saturated heterocycles. The van der Waals surface area contributed by atoms with Crippen LogP contribution in [-0.2, 0) is 12.8 Å². The summed E-state index contributed by atoms with van der Waals surface area (Å²) in [5.74, 6) is 0.499. The van der Waals surface area contributed by atoms with Gasteiger partial charge in [-0.25, -0.2) is 0 Å². The summed E-state index contributed by atoms with van der Waals surface area (Å²) in [6.45, 7) is 0. The highest BCUT2D eigenvalue weighted by Gasteiger charge is 2.25. The quantitative estimate of drug-likeness (QED) is 0.132. The van der Waals surface area contributed by atoms with Gasteiger partial charge in [-0.2, -0.15) is 0 Å². The number of rotatable bonds is 9. The fourth-order valence-corrected chi connectivity index (χ4v) is 9.86. The molecule has 0 heterocycles. The van der Waals surface area contributed by atoms with Crippen molar-refractivity contribution in [3.63, 3.8) is 0 Å². The third kappa shape index (κ3) is 6.89. The highest BCUT2D eigenvalue weighted by atomic mass is 15.1. The lowest BCUT2D eigenvalue weighted by molar-refractivity contribution is 0.616. The van der Waals surface area contributed by atoms with E-state index in [1.165, 1.54) is 82.7 Å². The average molecular weight is 780 g/mol. The number of anilines is 3. The van der Waals surface area contributed by atoms with E-state index in [4.69, 9.17) is 0 Å². The molecule has 11 rings (SSSR count). The molecule has 0 aromatic heterocycles. The average Bonchev–Trinajstić information content (AvgIpc) is 3.34. The van der Waals surface area contributed by atoms with Crippen LogP contribution in [0.5, 0.6) is 0 Å². The summed E-state index contributed by atoms with van der Waals surface area (Å²) in [4.78, 5) is 2.36. The van der Waals surface area contributed by atoms with E-state index >= 15 is 0 Å². The second-order valence-electron chi connectivity index (χ2n) is 16.4. The van der Waals surface area contributed by atoms with Crippen LogP contribution in [-0.4, -0.2) is 0 Å². The molecule has 0 radical (unpaired) electrons. The molecule has 10 aromatic rings. The Morgan fingerprint density at radius 3 is 1.43 bits per heavy atom. The minimum absolute atomic E-state index is 0.499. The van der Waals surface area contributed by atoms with Crippen molar-refractivity contribution in [1.29, 1.82) is 0 Å². The first-order valence-electron chi connectivity index (χ1n) is 21.6. The molecule has 0 saturated carbocycles. The monoisotopic (exact) mass is 779 g/mol. The van der Waals surface area contributed by atoms with Gasteiger partial charge in [-0.3, -0.25) is 0 Å². The highest BCUT2D eigenvalue weighted by Crippen LogP contribution is 2.46. The molecular formula is C60H45N. The van der Waals surface area contributed by atoms with E-state index in [0.717, 1.165) is 36.3 Å². The maximum atomic E-state index is 2.44. The zero-order valence-corrected chi connectivity index (χ0v) is 34.1. The van der Waals surface area contributed by atoms with Gasteiger partial charge in [0.05, 0.1) is 0 Å². The maximum absolute atomic E-state index is 2.44. The number of hydrogen-bond donors (Lipinski definition) is 0. The van der Waals surface area contributed by atoms with Gasteiger partial charge >= 0.3 is 0 Å². The lowest BCUT2D eigenvalue weighted by Gasteiger charge is -2.29. The first-order valence-corrected chi connectivity index (χ1v) is 21.6. The molecule has 1 heteroatoms. The molecule has 1 aliphatic rings. The van der Waals surface area contributed by atoms with Crippen LogP contribution in [0.2, 0.25) is 0 Å². The molecular weight excluding hydrogens is 735 g/mol. The third-order valence-corrected chi connectivity index (χ3v) is 12.8. The van der Waals surface area contributed by atoms with Crippen molar-refractivity contribution in [2.24, 2.45) is 0 Å². The Hall–Kier alpha value is -7.48. The first-order chi connectivity index (χ1) is 30.3. The molecule has 1 atom stereocenters. The van der Waals surface area contributed by atoms with Crippen molar-refractivity contribution in [1.82, 2.24) is 0 Å². The van der Waals surface area contributed by atoms with Gasteiger partial charge < -0.3 is 4.90 Å². The van der Waals surface area contributed by atoms with Crippen LogP contribution in [0.4, 0.5) is 17.1 Å². The molecule has 0 amide bonds. The molecule has 1 nitrogen and oxygen atoms in total. The zero-order chi connectivity index (χ0) is 40.5. The number of benzene rings is 10. The van der Waals surface area contributed by atoms with E-state index in [2.05, 4.69) is 235 Å². The van der Waals surface area contributed by atoms with Gasteiger partial charge in [-0.05, 0) is 150 Å². The van der Waals surface area contributed by atoms with E-state index in [1.54, 1.807) is 0 Å². The normalized spacial score (nSPS) is 13.1. The summed E-state index contributed by atoms with van der Waals surface area (Å²) >= 11 is 0. The molecule has 290 valence electrons. The molecule has 61 heavy (non-hydrogen) atoms. The summed E-state index contributed by atoms with van der Waals surface area (Å²) in [5, 5.41) is 5.06. The van der Waals surface area contributed by atoms with Crippen LogP contribution in [0.1, 0.15) is 29.0 Å². The predicted octanol–water partition coefficient (Wildman–Crippen LogP) is 16.4. The number of aryl methyl sites for hydroxylation is 1. The summed E-state index contributed by atoms with van der Waals surface area (Å²) in [7, 11) is 0. The number of para-hydroxylation sites is 1. The highest BCUT2D eigenvalue weighted by molar-refractivity contribution is 6.21. The molecule has 0 bridgehead atoms. The van der Waals surface area contributed by atoms with E-state index in [-0.39, 0.29) is 0 Å². The minimum atomic E-state index is 0.499. The smallest absolute Gasteiger partial charge is 0.0462 e. The topological polar surface area (TPSA) is 3.24 Å². The molecule has 10 aromatic carbocycles. The lowest BCUT2D eigenvalue weighted by Crippen LogP contribution is -2.12. The Morgan fingerprint density at radius 2 is 0.820 bits per heavy atom. The molecule has 0 aliphatic heterocycles. The van der Waals surface area contributed by atoms with Crippen LogP contribution in [0, 0.1) is 0 Å². The second-order valence-corrected chi connectivity index (χ2v) is 16.4. The molecule has 1 unspecified atom stereocenters. The lowest BCUT2D eigenvalue weighted by atomic mass is 9.76. The predicted molar refractivity (Wildman–Crippen MR) is 259 cm³/mol. The molecule has 0 N–H and O–H groups in total. The fourth-order valence-electron chi connectivity index (χ4n) is 9.86. The first kappa shape index (κ1) is 36.6. The van der Waals surface area contributed by atoms with Crippen molar-refractivity contribution in [2.45, 2.75) is 25.2 Å². The largest absolute Gasteiger partial charge is 0.311 e. The van der Waals surface area contributed by atoms with Gasteiger partial charge in [0.15, 0.2) is 0 Å². The standard InChI is InChI=1S/C60H45N/c1-4-16-42(17-5-1)28-29-48-40-47-20-10-11-23-52(47)58-41-46(34-39-53(48)58)43-30-35-50(36-31-43)61(49-21-8-3-9-22-49)51-37-32-45(33-38-51)60-56-26-14-12-24-54(56)59(44-18-6-2-7-19-44)55-25-13-15-27-57(55)60/h1-27,30-39,41,48H,28-29,40H2. The van der Waals surface area contributed by atoms with Gasteiger partial charge in [0.2, 0.25) is 0 Å². The Bertz CT molecular complexity index is 3070. The maximum Gasteiger partial charge on any atom is 0.0462 e. The third-order valence-electron chi connectivity index (χ3n) is 12.8. The van der Waals surface area contributed by atoms with Crippen LogP contribution in [0.3, 0.4) is 0 Å². The van der Waals surface area contributed by atoms with Gasteiger partial charge in [-0.1, -0.05) is 188 Å². The van der Waals surface area contributed by atoms with Crippen LogP contribution in [0.25, 0.3) is 66.1 Å². The summed E-state index contributed by atoms with van der Waals surface area (Å²) in [5.41, 5.74) is 17.9. The summed E-state index contributed by atoms with van der Waals surface area (Å²) in [6.07, 6.45) is 3.32. The number of fused-ring (bicyclic) bond motifs is 5. The zero-order valence-electron chi connectivity index (χ0n) is 34.1. The van der Waals surface area contributed by atoms with Crippen molar-refractivity contribution >= 4 is 38.6 Å². The van der Waals surface area contributed by atoms with Gasteiger partial charge in [0, 0.05) is 17.1 Å². The molecule has 0 spiro atoms. The van der Waals surface area contributed by atoms with Crippen molar-refractivity contribution in [3.05, 3.63) is 247 Å². The fraction of sp³-hybridized carbons (Fsp3) is 0.0667. The number of hydrogen-bond acceptors (Lipinski definition) is 1. The van der Waals surface area contributed by atoms with Gasteiger partial charge in [0.1, 0.15) is 0 Å². The minimum Gasteiger partial charge on any atom is -0.311 e. The second kappa shape index (κ2) is 15.9. The van der Waals surface area contributed by atoms with Gasteiger partial charge in [-0.15, -0.1) is 0 Å². The number of nitrogens with zero attached hydrogens (tertiary/aromatic N) is 1. The summed E-state index contributed by atoms with van der Waals surface area (Å²) in [6, 6.07) is 84.7. The summed E-state index contributed by atoms with van der Waals surface area (Å²) < 4.78 is 0. The Kier molecular flexibility index (Phi) is 9.56. The Morgan fingerprint density at radius 1 is 0.361 bits per heavy atom. The Labute approximate surface area is 358 Å². The van der Waals surface area contributed by atoms with Gasteiger partial charge in [0.25, 0.3) is 0 Å². The van der Waals surface area contributed by atoms with E-state index < -0.39 is 0 Å². The van der Waals surface area contributed by atoms with E-state index in [0.29, 0.717) is 5.92 Å². The molecule has 1 aliphatic carbocycles. The van der Waals surface area contributed by atoms with Crippen molar-refractivity contribution < 1.29 is 0 Å². The van der Waals surface area contributed by atoms with Crippen LogP contribution in [0.15, 0.2) is 231 Å². The van der Waals surface area contributed by atoms with E-state index in [9.17, 15) is 0 Å². The van der Waals surface area contributed by atoms with Crippen molar-refractivity contribution in [3.8, 4) is 44.5 Å². The van der Waals surface area contributed by atoms with E-state index in [1.807, 2.05) is 0 Å². The molecule has 0 fully saturated rings. The van der Waals surface area contributed by atoms with Crippen LogP contribution < -0.4 is 4.90 Å². The van der Waals surface area contributed by atoms with Crippen molar-refractivity contribution in [2.75, 3.05) is 4.90 Å².